The molecule has 1 aliphatic rings. The van der Waals surface area contributed by atoms with E-state index >= 15 is 0 Å². The maximum Gasteiger partial charge on any atom is 0.0631 e. The quantitative estimate of drug-likeness (QED) is 0.764. The topological polar surface area (TPSA) is 21.3 Å². The Bertz CT molecular complexity index is 237. The van der Waals surface area contributed by atoms with Crippen molar-refractivity contribution in [3.05, 3.63) is 0 Å². The summed E-state index contributed by atoms with van der Waals surface area (Å²) in [6, 6.07) is 0.571. The molecule has 0 spiro atoms. The van der Waals surface area contributed by atoms with Gasteiger partial charge in [-0.25, -0.2) is 0 Å². The molecule has 1 heterocycles. The molecule has 1 rings (SSSR count). The van der Waals surface area contributed by atoms with Crippen molar-refractivity contribution in [3.8, 4) is 0 Å². The molecule has 0 amide bonds. The molecule has 1 aliphatic heterocycles. The van der Waals surface area contributed by atoms with Crippen molar-refractivity contribution in [3.63, 3.8) is 0 Å². The van der Waals surface area contributed by atoms with E-state index in [0.717, 1.165) is 6.54 Å². The smallest absolute Gasteiger partial charge is 0.0631 e. The Hall–Kier alpha value is -0.0800. The predicted octanol–water partition coefficient (Wildman–Crippen LogP) is 3.75. The molecular formula is C15H31NO. The molecule has 1 fully saturated rings. The van der Waals surface area contributed by atoms with Crippen LogP contribution in [-0.2, 0) is 4.74 Å². The highest BCUT2D eigenvalue weighted by molar-refractivity contribution is 4.87. The van der Waals surface area contributed by atoms with Crippen LogP contribution in [0.3, 0.4) is 0 Å². The fraction of sp³-hybridized carbons (Fsp3) is 1.00. The van der Waals surface area contributed by atoms with Crippen LogP contribution in [0.5, 0.6) is 0 Å². The van der Waals surface area contributed by atoms with E-state index in [4.69, 9.17) is 4.74 Å². The Labute approximate surface area is 108 Å². The van der Waals surface area contributed by atoms with Crippen molar-refractivity contribution in [1.82, 2.24) is 5.32 Å². The van der Waals surface area contributed by atoms with E-state index in [1.165, 1.54) is 25.7 Å². The number of nitrogens with one attached hydrogen (secondary N) is 1. The van der Waals surface area contributed by atoms with Crippen LogP contribution in [-0.4, -0.2) is 24.3 Å². The van der Waals surface area contributed by atoms with E-state index < -0.39 is 0 Å². The first kappa shape index (κ1) is 15.0. The summed E-state index contributed by atoms with van der Waals surface area (Å²) >= 11 is 0. The second-order valence-electron chi connectivity index (χ2n) is 6.94. The van der Waals surface area contributed by atoms with Gasteiger partial charge < -0.3 is 10.1 Å². The van der Waals surface area contributed by atoms with E-state index in [9.17, 15) is 0 Å². The van der Waals surface area contributed by atoms with Gasteiger partial charge in [0.2, 0.25) is 0 Å². The molecule has 2 atom stereocenters. The lowest BCUT2D eigenvalue weighted by Crippen LogP contribution is -2.38. The third-order valence-electron chi connectivity index (χ3n) is 4.07. The molecule has 0 aromatic carbocycles. The molecule has 0 saturated carbocycles. The molecule has 0 radical (unpaired) electrons. The van der Waals surface area contributed by atoms with Crippen LogP contribution >= 0.6 is 0 Å². The molecule has 0 aromatic rings. The molecule has 1 N–H and O–H groups in total. The van der Waals surface area contributed by atoms with Gasteiger partial charge >= 0.3 is 0 Å². The van der Waals surface area contributed by atoms with Crippen LogP contribution in [0.15, 0.2) is 0 Å². The van der Waals surface area contributed by atoms with Gasteiger partial charge in [-0.1, -0.05) is 27.7 Å². The fourth-order valence-electron chi connectivity index (χ4n) is 2.56. The Morgan fingerprint density at radius 2 is 2.06 bits per heavy atom. The van der Waals surface area contributed by atoms with E-state index in [-0.39, 0.29) is 5.60 Å². The second-order valence-corrected chi connectivity index (χ2v) is 6.94. The number of hydrogen-bond donors (Lipinski definition) is 1. The van der Waals surface area contributed by atoms with Crippen LogP contribution in [0, 0.1) is 5.41 Å². The number of hydrogen-bond acceptors (Lipinski definition) is 2. The van der Waals surface area contributed by atoms with E-state index in [0.29, 0.717) is 17.6 Å². The first-order valence-corrected chi connectivity index (χ1v) is 7.17. The highest BCUT2D eigenvalue weighted by Gasteiger charge is 2.36. The zero-order chi connectivity index (χ0) is 13.1. The highest BCUT2D eigenvalue weighted by Crippen LogP contribution is 2.37. The van der Waals surface area contributed by atoms with E-state index in [2.05, 4.69) is 46.9 Å². The minimum Gasteiger partial charge on any atom is -0.372 e. The highest BCUT2D eigenvalue weighted by atomic mass is 16.5. The molecule has 0 aromatic heterocycles. The van der Waals surface area contributed by atoms with Gasteiger partial charge in [0.05, 0.1) is 11.7 Å². The minimum absolute atomic E-state index is 0.102. The van der Waals surface area contributed by atoms with Crippen molar-refractivity contribution in [2.45, 2.75) is 85.0 Å². The summed E-state index contributed by atoms with van der Waals surface area (Å²) in [6.45, 7) is 14.6. The van der Waals surface area contributed by atoms with Crippen molar-refractivity contribution in [2.75, 3.05) is 6.54 Å². The zero-order valence-electron chi connectivity index (χ0n) is 12.6. The minimum atomic E-state index is 0.102. The predicted molar refractivity (Wildman–Crippen MR) is 74.3 cm³/mol. The standard InChI is InChI=1S/C15H31NO/c1-7-15(6,11-16-12(2)3)10-13-8-9-14(4,5)17-13/h12-13,16H,7-11H2,1-6H3. The van der Waals surface area contributed by atoms with Gasteiger partial charge in [-0.3, -0.25) is 0 Å². The van der Waals surface area contributed by atoms with Crippen LogP contribution in [0.25, 0.3) is 0 Å². The fourth-order valence-corrected chi connectivity index (χ4v) is 2.56. The summed E-state index contributed by atoms with van der Waals surface area (Å²) in [4.78, 5) is 0. The van der Waals surface area contributed by atoms with Crippen molar-refractivity contribution >= 4 is 0 Å². The van der Waals surface area contributed by atoms with Crippen molar-refractivity contribution in [1.29, 1.82) is 0 Å². The Morgan fingerprint density at radius 3 is 2.47 bits per heavy atom. The maximum absolute atomic E-state index is 6.13. The van der Waals surface area contributed by atoms with E-state index in [1.54, 1.807) is 0 Å². The summed E-state index contributed by atoms with van der Waals surface area (Å²) in [7, 11) is 0. The van der Waals surface area contributed by atoms with Gasteiger partial charge in [0.25, 0.3) is 0 Å². The van der Waals surface area contributed by atoms with Crippen molar-refractivity contribution < 1.29 is 4.74 Å². The lowest BCUT2D eigenvalue weighted by molar-refractivity contribution is -0.0343. The van der Waals surface area contributed by atoms with Gasteiger partial charge in [0.1, 0.15) is 0 Å². The average molecular weight is 241 g/mol. The molecule has 2 heteroatoms. The Kier molecular flexibility index (Phi) is 5.03. The third kappa shape index (κ3) is 4.97. The lowest BCUT2D eigenvalue weighted by Gasteiger charge is -2.33. The molecule has 102 valence electrons. The number of rotatable bonds is 6. The summed E-state index contributed by atoms with van der Waals surface area (Å²) in [6.07, 6.45) is 5.29. The second kappa shape index (κ2) is 5.71. The first-order valence-electron chi connectivity index (χ1n) is 7.17. The molecule has 17 heavy (non-hydrogen) atoms. The maximum atomic E-state index is 6.13. The average Bonchev–Trinajstić information content (AvgIpc) is 2.55. The largest absolute Gasteiger partial charge is 0.372 e. The van der Waals surface area contributed by atoms with Gasteiger partial charge in [-0.15, -0.1) is 0 Å². The first-order chi connectivity index (χ1) is 7.76. The van der Waals surface area contributed by atoms with Crippen LogP contribution in [0.4, 0.5) is 0 Å². The van der Waals surface area contributed by atoms with Gasteiger partial charge in [0.15, 0.2) is 0 Å². The Balaban J connectivity index is 2.45. The monoisotopic (exact) mass is 241 g/mol. The van der Waals surface area contributed by atoms with Gasteiger partial charge in [-0.05, 0) is 44.9 Å². The van der Waals surface area contributed by atoms with Crippen LogP contribution < -0.4 is 5.32 Å². The summed E-state index contributed by atoms with van der Waals surface area (Å²) in [5.41, 5.74) is 0.472. The van der Waals surface area contributed by atoms with Crippen LogP contribution in [0.2, 0.25) is 0 Å². The lowest BCUT2D eigenvalue weighted by atomic mass is 9.81. The van der Waals surface area contributed by atoms with Crippen molar-refractivity contribution in [2.24, 2.45) is 5.41 Å². The SMILES string of the molecule is CCC(C)(CNC(C)C)CC1CCC(C)(C)O1. The summed E-state index contributed by atoms with van der Waals surface area (Å²) in [5, 5.41) is 3.58. The van der Waals surface area contributed by atoms with Crippen LogP contribution in [0.1, 0.15) is 67.2 Å². The summed E-state index contributed by atoms with van der Waals surface area (Å²) < 4.78 is 6.13. The third-order valence-corrected chi connectivity index (χ3v) is 4.07. The molecule has 2 nitrogen and oxygen atoms in total. The molecular weight excluding hydrogens is 210 g/mol. The normalized spacial score (nSPS) is 27.4. The molecule has 0 bridgehead atoms. The Morgan fingerprint density at radius 1 is 1.41 bits per heavy atom. The zero-order valence-corrected chi connectivity index (χ0v) is 12.6. The van der Waals surface area contributed by atoms with E-state index in [1.807, 2.05) is 0 Å². The summed E-state index contributed by atoms with van der Waals surface area (Å²) in [5.74, 6) is 0. The molecule has 0 aliphatic carbocycles. The van der Waals surface area contributed by atoms with Gasteiger partial charge in [-0.2, -0.15) is 0 Å². The van der Waals surface area contributed by atoms with Gasteiger partial charge in [0, 0.05) is 12.6 Å². The molecule has 2 unspecified atom stereocenters. The molecule has 1 saturated heterocycles. The number of ether oxygens (including phenoxy) is 1.